The number of hydrogen-bond acceptors (Lipinski definition) is 4. The molecule has 2 rings (SSSR count). The molecule has 0 saturated carbocycles. The highest BCUT2D eigenvalue weighted by Crippen LogP contribution is 2.37. The Kier molecular flexibility index (Phi) is 3.55. The number of sulfonamides is 1. The zero-order valence-electron chi connectivity index (χ0n) is 10.6. The van der Waals surface area contributed by atoms with Gasteiger partial charge in [-0.15, -0.1) is 0 Å². The third kappa shape index (κ3) is 2.59. The minimum Gasteiger partial charge on any atom is -0.495 e. The van der Waals surface area contributed by atoms with Gasteiger partial charge in [0.1, 0.15) is 10.6 Å². The molecule has 1 heterocycles. The summed E-state index contributed by atoms with van der Waals surface area (Å²) in [5.74, 6) is 0.246. The highest BCUT2D eigenvalue weighted by Gasteiger charge is 2.20. The van der Waals surface area contributed by atoms with Crippen molar-refractivity contribution in [1.29, 1.82) is 0 Å². The monoisotopic (exact) mass is 278 g/mol. The first-order valence-corrected chi connectivity index (χ1v) is 7.10. The Bertz CT molecular complexity index is 697. The molecule has 0 fully saturated rings. The molecule has 2 N–H and O–H groups in total. The number of ether oxygens (including phenoxy) is 1. The predicted octanol–water partition coefficient (Wildman–Crippen LogP) is 1.71. The van der Waals surface area contributed by atoms with Gasteiger partial charge in [-0.05, 0) is 24.6 Å². The first-order valence-electron chi connectivity index (χ1n) is 5.56. The van der Waals surface area contributed by atoms with Crippen LogP contribution in [0.15, 0.2) is 41.6 Å². The molecule has 19 heavy (non-hydrogen) atoms. The van der Waals surface area contributed by atoms with E-state index in [2.05, 4.69) is 4.98 Å². The molecule has 100 valence electrons. The fraction of sp³-hybridized carbons (Fsp3) is 0.154. The number of primary sulfonamides is 1. The van der Waals surface area contributed by atoms with Crippen LogP contribution in [0.3, 0.4) is 0 Å². The van der Waals surface area contributed by atoms with E-state index < -0.39 is 10.0 Å². The van der Waals surface area contributed by atoms with E-state index in [-0.39, 0.29) is 10.6 Å². The zero-order chi connectivity index (χ0) is 14.0. The molecular weight excluding hydrogens is 264 g/mol. The van der Waals surface area contributed by atoms with E-state index in [4.69, 9.17) is 9.88 Å². The molecule has 2 aromatic rings. The largest absolute Gasteiger partial charge is 0.495 e. The van der Waals surface area contributed by atoms with Crippen molar-refractivity contribution in [3.63, 3.8) is 0 Å². The Labute approximate surface area is 112 Å². The maximum atomic E-state index is 11.6. The number of benzene rings is 1. The second-order valence-electron chi connectivity index (χ2n) is 4.08. The number of pyridine rings is 1. The smallest absolute Gasteiger partial charge is 0.241 e. The van der Waals surface area contributed by atoms with Crippen molar-refractivity contribution in [1.82, 2.24) is 4.98 Å². The summed E-state index contributed by atoms with van der Waals surface area (Å²) in [6.45, 7) is 1.87. The number of hydrogen-bond donors (Lipinski definition) is 1. The quantitative estimate of drug-likeness (QED) is 0.926. The SMILES string of the molecule is COc1c(S(N)(=O)=O)ccc(C)c1-c1cccnc1. The summed E-state index contributed by atoms with van der Waals surface area (Å²) in [5, 5.41) is 5.21. The molecule has 1 aromatic carbocycles. The van der Waals surface area contributed by atoms with Gasteiger partial charge in [-0.2, -0.15) is 0 Å². The molecule has 0 bridgehead atoms. The van der Waals surface area contributed by atoms with Crippen LogP contribution >= 0.6 is 0 Å². The Morgan fingerprint density at radius 1 is 1.26 bits per heavy atom. The van der Waals surface area contributed by atoms with E-state index in [0.29, 0.717) is 5.56 Å². The van der Waals surface area contributed by atoms with E-state index in [0.717, 1.165) is 11.1 Å². The van der Waals surface area contributed by atoms with Crippen molar-refractivity contribution in [2.45, 2.75) is 11.8 Å². The second kappa shape index (κ2) is 4.99. The van der Waals surface area contributed by atoms with Gasteiger partial charge < -0.3 is 4.74 Å². The highest BCUT2D eigenvalue weighted by molar-refractivity contribution is 7.89. The molecule has 0 radical (unpaired) electrons. The summed E-state index contributed by atoms with van der Waals surface area (Å²) in [4.78, 5) is 4.00. The molecule has 5 nitrogen and oxygen atoms in total. The van der Waals surface area contributed by atoms with Gasteiger partial charge in [0.15, 0.2) is 0 Å². The number of aryl methyl sites for hydroxylation is 1. The van der Waals surface area contributed by atoms with Crippen LogP contribution in [0.5, 0.6) is 5.75 Å². The third-order valence-corrected chi connectivity index (χ3v) is 3.73. The summed E-state index contributed by atoms with van der Waals surface area (Å²) >= 11 is 0. The molecule has 0 aliphatic heterocycles. The molecule has 0 spiro atoms. The maximum Gasteiger partial charge on any atom is 0.241 e. The highest BCUT2D eigenvalue weighted by atomic mass is 32.2. The topological polar surface area (TPSA) is 82.3 Å². The summed E-state index contributed by atoms with van der Waals surface area (Å²) < 4.78 is 28.4. The second-order valence-corrected chi connectivity index (χ2v) is 5.61. The number of rotatable bonds is 3. The molecule has 1 aromatic heterocycles. The molecule has 0 atom stereocenters. The van der Waals surface area contributed by atoms with E-state index in [1.807, 2.05) is 13.0 Å². The van der Waals surface area contributed by atoms with Crippen molar-refractivity contribution in [3.05, 3.63) is 42.2 Å². The van der Waals surface area contributed by atoms with E-state index in [1.54, 1.807) is 24.5 Å². The van der Waals surface area contributed by atoms with Crippen molar-refractivity contribution >= 4 is 10.0 Å². The van der Waals surface area contributed by atoms with Gasteiger partial charge in [0.05, 0.1) is 7.11 Å². The fourth-order valence-corrected chi connectivity index (χ4v) is 2.66. The lowest BCUT2D eigenvalue weighted by Crippen LogP contribution is -2.14. The number of nitrogens with two attached hydrogens (primary N) is 1. The molecule has 6 heteroatoms. The van der Waals surface area contributed by atoms with Crippen LogP contribution in [0.4, 0.5) is 0 Å². The zero-order valence-corrected chi connectivity index (χ0v) is 11.4. The third-order valence-electron chi connectivity index (χ3n) is 2.79. The Hall–Kier alpha value is -1.92. The number of methoxy groups -OCH3 is 1. The van der Waals surface area contributed by atoms with Crippen molar-refractivity contribution in [2.75, 3.05) is 7.11 Å². The first kappa shape index (κ1) is 13.5. The number of nitrogens with zero attached hydrogens (tertiary/aromatic N) is 1. The standard InChI is InChI=1S/C13H14N2O3S/c1-9-5-6-11(19(14,16)17)13(18-2)12(9)10-4-3-7-15-8-10/h3-8H,1-2H3,(H2,14,16,17). The normalized spacial score (nSPS) is 11.3. The van der Waals surface area contributed by atoms with Crippen LogP contribution in [-0.4, -0.2) is 20.5 Å². The van der Waals surface area contributed by atoms with Gasteiger partial charge in [0.25, 0.3) is 0 Å². The summed E-state index contributed by atoms with van der Waals surface area (Å²) in [5.41, 5.74) is 2.35. The van der Waals surface area contributed by atoms with Crippen molar-refractivity contribution < 1.29 is 13.2 Å². The summed E-state index contributed by atoms with van der Waals surface area (Å²) in [6, 6.07) is 6.76. The van der Waals surface area contributed by atoms with Crippen molar-refractivity contribution in [3.8, 4) is 16.9 Å². The van der Waals surface area contributed by atoms with Crippen LogP contribution in [0.1, 0.15) is 5.56 Å². The molecule has 0 aliphatic carbocycles. The fourth-order valence-electron chi connectivity index (χ4n) is 1.96. The summed E-state index contributed by atoms with van der Waals surface area (Å²) in [6.07, 6.45) is 3.30. The lowest BCUT2D eigenvalue weighted by molar-refractivity contribution is 0.404. The molecule has 0 unspecified atom stereocenters. The van der Waals surface area contributed by atoms with E-state index in [9.17, 15) is 8.42 Å². The minimum absolute atomic E-state index is 0.0283. The van der Waals surface area contributed by atoms with Crippen LogP contribution < -0.4 is 9.88 Å². The minimum atomic E-state index is -3.84. The first-order chi connectivity index (χ1) is 8.95. The Morgan fingerprint density at radius 2 is 2.00 bits per heavy atom. The van der Waals surface area contributed by atoms with Crippen molar-refractivity contribution in [2.24, 2.45) is 5.14 Å². The Balaban J connectivity index is 2.81. The predicted molar refractivity (Wildman–Crippen MR) is 72.3 cm³/mol. The average molecular weight is 278 g/mol. The van der Waals surface area contributed by atoms with E-state index in [1.165, 1.54) is 13.2 Å². The van der Waals surface area contributed by atoms with Crippen LogP contribution in [0, 0.1) is 6.92 Å². The Morgan fingerprint density at radius 3 is 2.53 bits per heavy atom. The average Bonchev–Trinajstić information content (AvgIpc) is 2.37. The van der Waals surface area contributed by atoms with Gasteiger partial charge in [0.2, 0.25) is 10.0 Å². The van der Waals surface area contributed by atoms with Gasteiger partial charge >= 0.3 is 0 Å². The van der Waals surface area contributed by atoms with Crippen LogP contribution in [-0.2, 0) is 10.0 Å². The molecule has 0 saturated heterocycles. The van der Waals surface area contributed by atoms with Crippen LogP contribution in [0.25, 0.3) is 11.1 Å². The lowest BCUT2D eigenvalue weighted by Gasteiger charge is -2.14. The molecular formula is C13H14N2O3S. The van der Waals surface area contributed by atoms with Crippen LogP contribution in [0.2, 0.25) is 0 Å². The van der Waals surface area contributed by atoms with E-state index >= 15 is 0 Å². The van der Waals surface area contributed by atoms with Gasteiger partial charge in [-0.25, -0.2) is 13.6 Å². The van der Waals surface area contributed by atoms with Gasteiger partial charge in [-0.3, -0.25) is 4.98 Å². The van der Waals surface area contributed by atoms with Gasteiger partial charge in [0, 0.05) is 23.5 Å². The maximum absolute atomic E-state index is 11.6. The lowest BCUT2D eigenvalue weighted by atomic mass is 10.0. The summed E-state index contributed by atoms with van der Waals surface area (Å²) in [7, 11) is -2.42. The number of aromatic nitrogens is 1. The molecule has 0 amide bonds. The van der Waals surface area contributed by atoms with Gasteiger partial charge in [-0.1, -0.05) is 12.1 Å². The molecule has 0 aliphatic rings.